The molecule has 1 rings (SSSR count). The molecule has 0 aliphatic heterocycles. The first-order chi connectivity index (χ1) is 9.51. The second-order valence-electron chi connectivity index (χ2n) is 4.98. The zero-order chi connectivity index (χ0) is 15.1. The van der Waals surface area contributed by atoms with Crippen LogP contribution < -0.4 is 5.32 Å². The van der Waals surface area contributed by atoms with Crippen molar-refractivity contribution < 1.29 is 9.53 Å². The maximum Gasteiger partial charge on any atom is 0.305 e. The quantitative estimate of drug-likeness (QED) is 0.587. The standard InChI is InChI=1S/C15H27N3O2/c1-6-18-13(5)15(12(4)17-18)11(3)16-10-8-9-14(19)20-7-2/h11,16H,6-10H2,1-5H3. The summed E-state index contributed by atoms with van der Waals surface area (Å²) in [4.78, 5) is 11.2. The fraction of sp³-hybridized carbons (Fsp3) is 0.733. The smallest absolute Gasteiger partial charge is 0.305 e. The van der Waals surface area contributed by atoms with Crippen molar-refractivity contribution in [1.29, 1.82) is 0 Å². The summed E-state index contributed by atoms with van der Waals surface area (Å²) in [6.45, 7) is 12.4. The van der Waals surface area contributed by atoms with E-state index in [1.165, 1.54) is 11.3 Å². The van der Waals surface area contributed by atoms with Gasteiger partial charge in [-0.2, -0.15) is 5.10 Å². The molecule has 1 unspecified atom stereocenters. The maximum atomic E-state index is 11.2. The zero-order valence-electron chi connectivity index (χ0n) is 13.3. The van der Waals surface area contributed by atoms with Gasteiger partial charge in [0.15, 0.2) is 0 Å². The van der Waals surface area contributed by atoms with Crippen molar-refractivity contribution in [2.45, 2.75) is 60.0 Å². The predicted octanol–water partition coefficient (Wildman–Crippen LogP) is 2.51. The van der Waals surface area contributed by atoms with Gasteiger partial charge < -0.3 is 10.1 Å². The van der Waals surface area contributed by atoms with Crippen molar-refractivity contribution in [2.24, 2.45) is 0 Å². The Hall–Kier alpha value is -1.36. The molecule has 0 spiro atoms. The second kappa shape index (κ2) is 8.04. The molecular weight excluding hydrogens is 254 g/mol. The fourth-order valence-electron chi connectivity index (χ4n) is 2.53. The summed E-state index contributed by atoms with van der Waals surface area (Å²) < 4.78 is 6.94. The first-order valence-corrected chi connectivity index (χ1v) is 7.44. The number of hydrogen-bond donors (Lipinski definition) is 1. The van der Waals surface area contributed by atoms with Crippen LogP contribution in [0.1, 0.15) is 56.6 Å². The second-order valence-corrected chi connectivity index (χ2v) is 4.98. The lowest BCUT2D eigenvalue weighted by Crippen LogP contribution is -2.22. The van der Waals surface area contributed by atoms with Crippen LogP contribution in [-0.2, 0) is 16.1 Å². The molecule has 0 saturated heterocycles. The number of hydrogen-bond acceptors (Lipinski definition) is 4. The van der Waals surface area contributed by atoms with E-state index in [0.29, 0.717) is 13.0 Å². The zero-order valence-corrected chi connectivity index (χ0v) is 13.3. The summed E-state index contributed by atoms with van der Waals surface area (Å²) in [5.74, 6) is -0.117. The van der Waals surface area contributed by atoms with E-state index in [-0.39, 0.29) is 12.0 Å². The van der Waals surface area contributed by atoms with Crippen molar-refractivity contribution >= 4 is 5.97 Å². The van der Waals surface area contributed by atoms with Gasteiger partial charge >= 0.3 is 5.97 Å². The van der Waals surface area contributed by atoms with Gasteiger partial charge in [-0.1, -0.05) is 0 Å². The highest BCUT2D eigenvalue weighted by atomic mass is 16.5. The summed E-state index contributed by atoms with van der Waals surface area (Å²) in [5, 5.41) is 7.99. The molecular formula is C15H27N3O2. The highest BCUT2D eigenvalue weighted by molar-refractivity contribution is 5.69. The number of esters is 1. The van der Waals surface area contributed by atoms with Crippen molar-refractivity contribution in [3.05, 3.63) is 17.0 Å². The van der Waals surface area contributed by atoms with Crippen molar-refractivity contribution in [1.82, 2.24) is 15.1 Å². The molecule has 1 aromatic rings. The minimum atomic E-state index is -0.117. The van der Waals surface area contributed by atoms with E-state index in [0.717, 1.165) is 25.2 Å². The lowest BCUT2D eigenvalue weighted by molar-refractivity contribution is -0.143. The van der Waals surface area contributed by atoms with E-state index in [9.17, 15) is 4.79 Å². The molecule has 0 saturated carbocycles. The monoisotopic (exact) mass is 281 g/mol. The molecule has 1 atom stereocenters. The Balaban J connectivity index is 2.45. The molecule has 5 nitrogen and oxygen atoms in total. The van der Waals surface area contributed by atoms with E-state index in [1.807, 2.05) is 18.5 Å². The third-order valence-electron chi connectivity index (χ3n) is 3.48. The molecule has 0 aliphatic rings. The number of aryl methyl sites for hydroxylation is 2. The van der Waals surface area contributed by atoms with Crippen LogP contribution >= 0.6 is 0 Å². The third kappa shape index (κ3) is 4.34. The Morgan fingerprint density at radius 2 is 2.10 bits per heavy atom. The molecule has 1 N–H and O–H groups in total. The van der Waals surface area contributed by atoms with Crippen LogP contribution in [0.3, 0.4) is 0 Å². The first-order valence-electron chi connectivity index (χ1n) is 7.44. The number of aromatic nitrogens is 2. The van der Waals surface area contributed by atoms with Crippen molar-refractivity contribution in [3.63, 3.8) is 0 Å². The number of rotatable bonds is 8. The number of carbonyl (C=O) groups is 1. The van der Waals surface area contributed by atoms with Crippen LogP contribution in [-0.4, -0.2) is 28.9 Å². The molecule has 5 heteroatoms. The van der Waals surface area contributed by atoms with E-state index in [1.54, 1.807) is 0 Å². The van der Waals surface area contributed by atoms with Crippen LogP contribution in [0.4, 0.5) is 0 Å². The lowest BCUT2D eigenvalue weighted by atomic mass is 10.1. The molecule has 114 valence electrons. The lowest BCUT2D eigenvalue weighted by Gasteiger charge is -2.14. The van der Waals surface area contributed by atoms with Crippen LogP contribution in [0.25, 0.3) is 0 Å². The molecule has 1 aromatic heterocycles. The number of ether oxygens (including phenoxy) is 1. The van der Waals surface area contributed by atoms with Crippen LogP contribution in [0, 0.1) is 13.8 Å². The van der Waals surface area contributed by atoms with Gasteiger partial charge in [0.25, 0.3) is 0 Å². The van der Waals surface area contributed by atoms with E-state index >= 15 is 0 Å². The molecule has 0 fully saturated rings. The SMILES string of the molecule is CCOC(=O)CCCNC(C)c1c(C)nn(CC)c1C. The molecule has 0 aliphatic carbocycles. The van der Waals surface area contributed by atoms with Crippen LogP contribution in [0.15, 0.2) is 0 Å². The van der Waals surface area contributed by atoms with Gasteiger partial charge in [-0.15, -0.1) is 0 Å². The minimum Gasteiger partial charge on any atom is -0.466 e. The predicted molar refractivity (Wildman–Crippen MR) is 79.7 cm³/mol. The molecule has 1 heterocycles. The van der Waals surface area contributed by atoms with Gasteiger partial charge in [-0.25, -0.2) is 0 Å². The number of nitrogens with zero attached hydrogens (tertiary/aromatic N) is 2. The number of nitrogens with one attached hydrogen (secondary N) is 1. The Kier molecular flexibility index (Phi) is 6.71. The Morgan fingerprint density at radius 1 is 1.40 bits per heavy atom. The Morgan fingerprint density at radius 3 is 2.65 bits per heavy atom. The van der Waals surface area contributed by atoms with Gasteiger partial charge in [0.1, 0.15) is 0 Å². The van der Waals surface area contributed by atoms with E-state index < -0.39 is 0 Å². The Bertz CT molecular complexity index is 441. The van der Waals surface area contributed by atoms with Gasteiger partial charge in [-0.3, -0.25) is 9.48 Å². The van der Waals surface area contributed by atoms with Crippen molar-refractivity contribution in [3.8, 4) is 0 Å². The van der Waals surface area contributed by atoms with Gasteiger partial charge in [-0.05, 0) is 47.6 Å². The highest BCUT2D eigenvalue weighted by Crippen LogP contribution is 2.21. The van der Waals surface area contributed by atoms with E-state index in [2.05, 4.69) is 31.2 Å². The van der Waals surface area contributed by atoms with Gasteiger partial charge in [0, 0.05) is 30.3 Å². The Labute approximate surface area is 121 Å². The molecule has 0 amide bonds. The highest BCUT2D eigenvalue weighted by Gasteiger charge is 2.16. The maximum absolute atomic E-state index is 11.2. The topological polar surface area (TPSA) is 56.1 Å². The largest absolute Gasteiger partial charge is 0.466 e. The summed E-state index contributed by atoms with van der Waals surface area (Å²) >= 11 is 0. The average Bonchev–Trinajstić information content (AvgIpc) is 2.69. The molecule has 0 radical (unpaired) electrons. The summed E-state index contributed by atoms with van der Waals surface area (Å²) in [7, 11) is 0. The summed E-state index contributed by atoms with van der Waals surface area (Å²) in [5.41, 5.74) is 3.56. The number of carbonyl (C=O) groups excluding carboxylic acids is 1. The average molecular weight is 281 g/mol. The van der Waals surface area contributed by atoms with Gasteiger partial charge in [0.2, 0.25) is 0 Å². The molecule has 0 aromatic carbocycles. The normalized spacial score (nSPS) is 12.4. The summed E-state index contributed by atoms with van der Waals surface area (Å²) in [6.07, 6.45) is 1.27. The fourth-order valence-corrected chi connectivity index (χ4v) is 2.53. The van der Waals surface area contributed by atoms with Crippen LogP contribution in [0.2, 0.25) is 0 Å². The molecule has 0 bridgehead atoms. The minimum absolute atomic E-state index is 0.117. The van der Waals surface area contributed by atoms with E-state index in [4.69, 9.17) is 4.74 Å². The first kappa shape index (κ1) is 16.7. The molecule has 20 heavy (non-hydrogen) atoms. The third-order valence-corrected chi connectivity index (χ3v) is 3.48. The van der Waals surface area contributed by atoms with Crippen LogP contribution in [0.5, 0.6) is 0 Å². The summed E-state index contributed by atoms with van der Waals surface area (Å²) in [6, 6.07) is 0.248. The van der Waals surface area contributed by atoms with Crippen molar-refractivity contribution in [2.75, 3.05) is 13.2 Å². The van der Waals surface area contributed by atoms with Gasteiger partial charge in [0.05, 0.1) is 12.3 Å².